The molecule has 0 saturated heterocycles. The summed E-state index contributed by atoms with van der Waals surface area (Å²) in [7, 11) is 0. The second-order valence-corrected chi connectivity index (χ2v) is 6.46. The zero-order chi connectivity index (χ0) is 14.5. The maximum absolute atomic E-state index is 5.62. The maximum atomic E-state index is 5.62. The van der Waals surface area contributed by atoms with Crippen molar-refractivity contribution in [2.45, 2.75) is 6.42 Å². The molecule has 0 aliphatic heterocycles. The number of nitrogens with two attached hydrogens (primary N) is 1. The van der Waals surface area contributed by atoms with Gasteiger partial charge in [-0.3, -0.25) is 0 Å². The van der Waals surface area contributed by atoms with Gasteiger partial charge in [0.1, 0.15) is 5.82 Å². The lowest BCUT2D eigenvalue weighted by atomic mass is 10.2. The molecule has 0 aliphatic rings. The topological polar surface area (TPSA) is 42.1 Å². The molecular formula is C14H13Br2N3S. The van der Waals surface area contributed by atoms with E-state index in [1.165, 1.54) is 0 Å². The zero-order valence-corrected chi connectivity index (χ0v) is 14.6. The molecule has 0 spiro atoms. The molecule has 1 aromatic carbocycles. The number of aromatic nitrogens is 1. The van der Waals surface area contributed by atoms with Gasteiger partial charge in [0.15, 0.2) is 0 Å². The third-order valence-corrected chi connectivity index (χ3v) is 3.92. The second kappa shape index (κ2) is 7.15. The van der Waals surface area contributed by atoms with Gasteiger partial charge in [-0.15, -0.1) is 0 Å². The van der Waals surface area contributed by atoms with E-state index in [9.17, 15) is 0 Å². The minimum Gasteiger partial charge on any atom is -0.393 e. The quantitative estimate of drug-likeness (QED) is 0.735. The van der Waals surface area contributed by atoms with Gasteiger partial charge in [-0.25, -0.2) is 4.98 Å². The molecule has 2 N–H and O–H groups in total. The highest BCUT2D eigenvalue weighted by Crippen LogP contribution is 2.31. The van der Waals surface area contributed by atoms with Crippen LogP contribution in [0.25, 0.3) is 0 Å². The number of para-hydroxylation sites is 1. The van der Waals surface area contributed by atoms with E-state index in [0.29, 0.717) is 18.0 Å². The molecule has 1 aromatic heterocycles. The molecule has 0 fully saturated rings. The molecule has 1 heterocycles. The van der Waals surface area contributed by atoms with E-state index in [2.05, 4.69) is 41.7 Å². The highest BCUT2D eigenvalue weighted by molar-refractivity contribution is 9.11. The SMILES string of the molecule is NC(=S)CCN(c1ccccc1)c1ncc(Br)cc1Br. The highest BCUT2D eigenvalue weighted by Gasteiger charge is 2.14. The molecule has 2 aromatic rings. The Morgan fingerprint density at radius 3 is 2.55 bits per heavy atom. The van der Waals surface area contributed by atoms with Gasteiger partial charge in [-0.1, -0.05) is 30.4 Å². The first-order chi connectivity index (χ1) is 9.58. The standard InChI is InChI=1S/C14H13Br2N3S/c15-10-8-12(16)14(18-9-10)19(7-6-13(17)20)11-4-2-1-3-5-11/h1-5,8-9H,6-7H2,(H2,17,20). The first-order valence-electron chi connectivity index (χ1n) is 6.00. The summed E-state index contributed by atoms with van der Waals surface area (Å²) in [5.74, 6) is 0.843. The Morgan fingerprint density at radius 2 is 1.95 bits per heavy atom. The number of rotatable bonds is 5. The summed E-state index contributed by atoms with van der Waals surface area (Å²) in [5.41, 5.74) is 6.68. The maximum Gasteiger partial charge on any atom is 0.147 e. The lowest BCUT2D eigenvalue weighted by Crippen LogP contribution is -2.24. The van der Waals surface area contributed by atoms with E-state index in [1.54, 1.807) is 6.20 Å². The Kier molecular flexibility index (Phi) is 5.51. The molecule has 0 atom stereocenters. The Hall–Kier alpha value is -0.980. The molecule has 3 nitrogen and oxygen atoms in total. The summed E-state index contributed by atoms with van der Waals surface area (Å²) in [6, 6.07) is 12.0. The molecule has 104 valence electrons. The Balaban J connectivity index is 2.37. The van der Waals surface area contributed by atoms with Crippen LogP contribution in [0.4, 0.5) is 11.5 Å². The summed E-state index contributed by atoms with van der Waals surface area (Å²) < 4.78 is 1.84. The van der Waals surface area contributed by atoms with E-state index < -0.39 is 0 Å². The monoisotopic (exact) mass is 413 g/mol. The van der Waals surface area contributed by atoms with Gasteiger partial charge < -0.3 is 10.6 Å². The summed E-state index contributed by atoms with van der Waals surface area (Å²) >= 11 is 11.9. The van der Waals surface area contributed by atoms with Crippen LogP contribution >= 0.6 is 44.1 Å². The lowest BCUT2D eigenvalue weighted by Gasteiger charge is -2.24. The number of pyridine rings is 1. The molecule has 20 heavy (non-hydrogen) atoms. The van der Waals surface area contributed by atoms with Crippen molar-refractivity contribution in [2.24, 2.45) is 5.73 Å². The van der Waals surface area contributed by atoms with E-state index in [4.69, 9.17) is 18.0 Å². The zero-order valence-electron chi connectivity index (χ0n) is 10.6. The van der Waals surface area contributed by atoms with Gasteiger partial charge in [0.2, 0.25) is 0 Å². The van der Waals surface area contributed by atoms with Crippen LogP contribution in [0.3, 0.4) is 0 Å². The molecule has 0 saturated carbocycles. The van der Waals surface area contributed by atoms with E-state index in [0.717, 1.165) is 20.5 Å². The number of hydrogen-bond donors (Lipinski definition) is 1. The van der Waals surface area contributed by atoms with Crippen LogP contribution < -0.4 is 10.6 Å². The van der Waals surface area contributed by atoms with E-state index in [-0.39, 0.29) is 0 Å². The van der Waals surface area contributed by atoms with Crippen LogP contribution in [-0.4, -0.2) is 16.5 Å². The first kappa shape index (κ1) is 15.4. The number of nitrogens with zero attached hydrogens (tertiary/aromatic N) is 2. The normalized spacial score (nSPS) is 10.3. The molecular weight excluding hydrogens is 402 g/mol. The Bertz CT molecular complexity index is 605. The Morgan fingerprint density at radius 1 is 1.25 bits per heavy atom. The van der Waals surface area contributed by atoms with Gasteiger partial charge in [0.05, 0.1) is 9.46 Å². The van der Waals surface area contributed by atoms with Gasteiger partial charge in [-0.05, 0) is 50.1 Å². The summed E-state index contributed by atoms with van der Waals surface area (Å²) in [6.45, 7) is 0.687. The van der Waals surface area contributed by atoms with Gasteiger partial charge in [0, 0.05) is 29.3 Å². The van der Waals surface area contributed by atoms with Crippen molar-refractivity contribution in [1.29, 1.82) is 0 Å². The average molecular weight is 415 g/mol. The van der Waals surface area contributed by atoms with Gasteiger partial charge in [-0.2, -0.15) is 0 Å². The van der Waals surface area contributed by atoms with Crippen molar-refractivity contribution >= 4 is 60.6 Å². The van der Waals surface area contributed by atoms with E-state index >= 15 is 0 Å². The van der Waals surface area contributed by atoms with Gasteiger partial charge in [0.25, 0.3) is 0 Å². The van der Waals surface area contributed by atoms with Gasteiger partial charge >= 0.3 is 0 Å². The fourth-order valence-electron chi connectivity index (χ4n) is 1.79. The smallest absolute Gasteiger partial charge is 0.147 e. The highest BCUT2D eigenvalue weighted by atomic mass is 79.9. The third-order valence-electron chi connectivity index (χ3n) is 2.69. The third kappa shape index (κ3) is 4.01. The molecule has 6 heteroatoms. The molecule has 2 rings (SSSR count). The fourth-order valence-corrected chi connectivity index (χ4v) is 3.09. The van der Waals surface area contributed by atoms with Crippen molar-refractivity contribution in [1.82, 2.24) is 4.98 Å². The molecule has 0 radical (unpaired) electrons. The van der Waals surface area contributed by atoms with Crippen molar-refractivity contribution < 1.29 is 0 Å². The number of hydrogen-bond acceptors (Lipinski definition) is 3. The number of benzene rings is 1. The fraction of sp³-hybridized carbons (Fsp3) is 0.143. The van der Waals surface area contributed by atoms with Crippen LogP contribution in [0.5, 0.6) is 0 Å². The van der Waals surface area contributed by atoms with Crippen molar-refractivity contribution in [3.05, 3.63) is 51.5 Å². The van der Waals surface area contributed by atoms with Crippen LogP contribution in [0.1, 0.15) is 6.42 Å². The average Bonchev–Trinajstić information content (AvgIpc) is 2.42. The van der Waals surface area contributed by atoms with Crippen molar-refractivity contribution in [3.63, 3.8) is 0 Å². The van der Waals surface area contributed by atoms with Crippen LogP contribution in [0.2, 0.25) is 0 Å². The largest absolute Gasteiger partial charge is 0.393 e. The lowest BCUT2D eigenvalue weighted by molar-refractivity contribution is 0.939. The Labute approximate surface area is 140 Å². The number of halogens is 2. The summed E-state index contributed by atoms with van der Waals surface area (Å²) in [4.78, 5) is 7.07. The summed E-state index contributed by atoms with van der Waals surface area (Å²) in [6.07, 6.45) is 2.41. The van der Waals surface area contributed by atoms with Crippen LogP contribution in [0.15, 0.2) is 51.5 Å². The summed E-state index contributed by atoms with van der Waals surface area (Å²) in [5, 5.41) is 0. The van der Waals surface area contributed by atoms with Crippen molar-refractivity contribution in [2.75, 3.05) is 11.4 Å². The predicted octanol–water partition coefficient (Wildman–Crippen LogP) is 4.42. The first-order valence-corrected chi connectivity index (χ1v) is 7.99. The molecule has 0 unspecified atom stereocenters. The van der Waals surface area contributed by atoms with E-state index in [1.807, 2.05) is 36.4 Å². The van der Waals surface area contributed by atoms with Crippen LogP contribution in [-0.2, 0) is 0 Å². The molecule has 0 bridgehead atoms. The van der Waals surface area contributed by atoms with Crippen LogP contribution in [0, 0.1) is 0 Å². The minimum atomic E-state index is 0.499. The number of thiocarbonyl (C=S) groups is 1. The minimum absolute atomic E-state index is 0.499. The second-order valence-electron chi connectivity index (χ2n) is 4.16. The molecule has 0 aliphatic carbocycles. The number of anilines is 2. The van der Waals surface area contributed by atoms with Crippen molar-refractivity contribution in [3.8, 4) is 0 Å². The molecule has 0 amide bonds. The predicted molar refractivity (Wildman–Crippen MR) is 94.5 cm³/mol.